The molecule has 2 aromatic rings. The van der Waals surface area contributed by atoms with Gasteiger partial charge in [0.25, 0.3) is 0 Å². The summed E-state index contributed by atoms with van der Waals surface area (Å²) in [6.45, 7) is 8.31. The molecule has 2 aromatic heterocycles. The highest BCUT2D eigenvalue weighted by molar-refractivity contribution is 5.89. The highest BCUT2D eigenvalue weighted by Crippen LogP contribution is 2.21. The topological polar surface area (TPSA) is 110 Å². The van der Waals surface area contributed by atoms with Gasteiger partial charge in [0.1, 0.15) is 11.7 Å². The van der Waals surface area contributed by atoms with E-state index >= 15 is 0 Å². The Morgan fingerprint density at radius 1 is 1.54 bits per heavy atom. The van der Waals surface area contributed by atoms with Gasteiger partial charge >= 0.3 is 0 Å². The van der Waals surface area contributed by atoms with Gasteiger partial charge in [0.2, 0.25) is 11.9 Å². The minimum atomic E-state index is -0.362. The Hall–Kier alpha value is -2.90. The summed E-state index contributed by atoms with van der Waals surface area (Å²) < 4.78 is 2.18. The van der Waals surface area contributed by atoms with Crippen molar-refractivity contribution >= 4 is 29.1 Å². The first-order chi connectivity index (χ1) is 13.5. The van der Waals surface area contributed by atoms with Crippen LogP contribution in [0.3, 0.4) is 0 Å². The molecule has 3 heterocycles. The third-order valence-corrected chi connectivity index (χ3v) is 5.25. The molecular weight excluding hydrogens is 354 g/mol. The second-order valence-electron chi connectivity index (χ2n) is 7.47. The molecule has 0 aromatic carbocycles. The van der Waals surface area contributed by atoms with Crippen LogP contribution in [0.4, 0.5) is 5.95 Å². The van der Waals surface area contributed by atoms with Crippen molar-refractivity contribution in [1.82, 2.24) is 19.9 Å². The zero-order valence-corrected chi connectivity index (χ0v) is 16.7. The summed E-state index contributed by atoms with van der Waals surface area (Å²) in [5.74, 6) is 1.59. The number of allylic oxidation sites excluding steroid dienone is 1. The van der Waals surface area contributed by atoms with Crippen LogP contribution in [-0.2, 0) is 11.3 Å². The molecule has 2 atom stereocenters. The van der Waals surface area contributed by atoms with E-state index in [1.54, 1.807) is 12.4 Å². The van der Waals surface area contributed by atoms with Gasteiger partial charge in [-0.2, -0.15) is 4.98 Å². The quantitative estimate of drug-likeness (QED) is 0.606. The molecule has 0 spiro atoms. The standard InChI is InChI=1S/C20H29N7O/c1-4-14(13(2)3)12-27-8-6-15-10-24-20(26-18(15)27)25-16(9-21)11-23-17-5-7-22-19(17)28/h6,8-11,13-14,17H,4-5,7,12,21H2,1-3H3,(H,22,28)(H,24,25,26)/t14-,17?/m0/s1. The third-order valence-electron chi connectivity index (χ3n) is 5.25. The summed E-state index contributed by atoms with van der Waals surface area (Å²) in [6.07, 6.45) is 8.64. The molecule has 8 heteroatoms. The summed E-state index contributed by atoms with van der Waals surface area (Å²) in [7, 11) is 0. The summed E-state index contributed by atoms with van der Waals surface area (Å²) >= 11 is 0. The first kappa shape index (κ1) is 19.9. The summed E-state index contributed by atoms with van der Waals surface area (Å²) in [4.78, 5) is 25.0. The minimum Gasteiger partial charge on any atom is -0.403 e. The molecule has 4 N–H and O–H groups in total. The minimum absolute atomic E-state index is 0.0567. The van der Waals surface area contributed by atoms with Gasteiger partial charge in [0.05, 0.1) is 5.70 Å². The third kappa shape index (κ3) is 4.49. The Bertz CT molecular complexity index is 884. The number of anilines is 1. The number of aromatic nitrogens is 3. The lowest BCUT2D eigenvalue weighted by Gasteiger charge is -2.20. The number of carbonyl (C=O) groups excluding carboxylic acids is 1. The second-order valence-corrected chi connectivity index (χ2v) is 7.47. The zero-order chi connectivity index (χ0) is 20.1. The molecule has 1 saturated heterocycles. The van der Waals surface area contributed by atoms with E-state index < -0.39 is 0 Å². The molecule has 1 aliphatic rings. The van der Waals surface area contributed by atoms with Crippen LogP contribution in [0.25, 0.3) is 11.0 Å². The zero-order valence-electron chi connectivity index (χ0n) is 16.7. The first-order valence-electron chi connectivity index (χ1n) is 9.83. The number of nitrogens with one attached hydrogen (secondary N) is 2. The van der Waals surface area contributed by atoms with Gasteiger partial charge in [-0.1, -0.05) is 27.2 Å². The molecule has 0 aliphatic carbocycles. The summed E-state index contributed by atoms with van der Waals surface area (Å²) in [5, 5.41) is 6.85. The molecule has 0 saturated carbocycles. The number of rotatable bonds is 8. The largest absolute Gasteiger partial charge is 0.403 e. The molecule has 150 valence electrons. The van der Waals surface area contributed by atoms with E-state index in [0.29, 0.717) is 36.4 Å². The van der Waals surface area contributed by atoms with Crippen LogP contribution >= 0.6 is 0 Å². The predicted octanol–water partition coefficient (Wildman–Crippen LogP) is 2.28. The highest BCUT2D eigenvalue weighted by Gasteiger charge is 2.22. The molecule has 1 unspecified atom stereocenters. The number of nitrogens with two attached hydrogens (primary N) is 1. The number of aliphatic imine (C=N–C) groups is 1. The Kier molecular flexibility index (Phi) is 6.28. The van der Waals surface area contributed by atoms with Crippen molar-refractivity contribution < 1.29 is 4.79 Å². The maximum absolute atomic E-state index is 11.6. The molecule has 1 fully saturated rings. The summed E-state index contributed by atoms with van der Waals surface area (Å²) in [5.41, 5.74) is 7.14. The van der Waals surface area contributed by atoms with Gasteiger partial charge in [-0.3, -0.25) is 9.79 Å². The average molecular weight is 384 g/mol. The van der Waals surface area contributed by atoms with E-state index in [-0.39, 0.29) is 11.9 Å². The fourth-order valence-corrected chi connectivity index (χ4v) is 3.38. The van der Waals surface area contributed by atoms with Gasteiger partial charge in [-0.25, -0.2) is 4.98 Å². The first-order valence-corrected chi connectivity index (χ1v) is 9.83. The van der Waals surface area contributed by atoms with Crippen molar-refractivity contribution in [3.05, 3.63) is 30.4 Å². The monoisotopic (exact) mass is 383 g/mol. The molecule has 8 nitrogen and oxygen atoms in total. The average Bonchev–Trinajstić information content (AvgIpc) is 3.28. The maximum atomic E-state index is 11.6. The molecule has 1 amide bonds. The van der Waals surface area contributed by atoms with Crippen molar-refractivity contribution in [2.45, 2.75) is 46.2 Å². The van der Waals surface area contributed by atoms with Crippen LogP contribution in [0.2, 0.25) is 0 Å². The van der Waals surface area contributed by atoms with E-state index in [4.69, 9.17) is 5.73 Å². The van der Waals surface area contributed by atoms with Crippen LogP contribution in [0, 0.1) is 11.8 Å². The van der Waals surface area contributed by atoms with E-state index in [2.05, 4.69) is 57.1 Å². The smallest absolute Gasteiger partial charge is 0.244 e. The van der Waals surface area contributed by atoms with Gasteiger partial charge in [-0.05, 0) is 24.3 Å². The maximum Gasteiger partial charge on any atom is 0.244 e. The van der Waals surface area contributed by atoms with Crippen molar-refractivity contribution in [1.29, 1.82) is 0 Å². The van der Waals surface area contributed by atoms with Crippen LogP contribution in [-0.4, -0.2) is 39.2 Å². The Morgan fingerprint density at radius 2 is 2.36 bits per heavy atom. The number of amides is 1. The Morgan fingerprint density at radius 3 is 3.00 bits per heavy atom. The van der Waals surface area contributed by atoms with Crippen LogP contribution < -0.4 is 16.4 Å². The fraction of sp³-hybridized carbons (Fsp3) is 0.500. The SMILES string of the molecule is CC[C@@H](Cn1ccc2cnc(NC(C=NC3CCNC3=O)=CN)nc21)C(C)C. The van der Waals surface area contributed by atoms with Crippen LogP contribution in [0.5, 0.6) is 0 Å². The number of hydrogen-bond acceptors (Lipinski definition) is 6. The van der Waals surface area contributed by atoms with Crippen LogP contribution in [0.1, 0.15) is 33.6 Å². The molecule has 3 rings (SSSR count). The van der Waals surface area contributed by atoms with E-state index in [9.17, 15) is 4.79 Å². The van der Waals surface area contributed by atoms with E-state index in [1.807, 2.05) is 6.07 Å². The molecular formula is C20H29N7O. The van der Waals surface area contributed by atoms with Gasteiger partial charge in [-0.15, -0.1) is 0 Å². The van der Waals surface area contributed by atoms with E-state index in [0.717, 1.165) is 24.0 Å². The fourth-order valence-electron chi connectivity index (χ4n) is 3.38. The van der Waals surface area contributed by atoms with Gasteiger partial charge in [0, 0.05) is 43.3 Å². The Balaban J connectivity index is 1.76. The van der Waals surface area contributed by atoms with E-state index in [1.165, 1.54) is 6.20 Å². The van der Waals surface area contributed by atoms with Crippen molar-refractivity contribution in [2.24, 2.45) is 22.6 Å². The lowest BCUT2D eigenvalue weighted by molar-refractivity contribution is -0.120. The number of nitrogens with zero attached hydrogens (tertiary/aromatic N) is 4. The summed E-state index contributed by atoms with van der Waals surface area (Å²) in [6, 6.07) is 1.67. The molecule has 1 aliphatic heterocycles. The van der Waals surface area contributed by atoms with Gasteiger partial charge < -0.3 is 20.9 Å². The molecule has 0 bridgehead atoms. The predicted molar refractivity (Wildman–Crippen MR) is 112 cm³/mol. The second kappa shape index (κ2) is 8.86. The van der Waals surface area contributed by atoms with Crippen molar-refractivity contribution in [2.75, 3.05) is 11.9 Å². The molecule has 0 radical (unpaired) electrons. The number of fused-ring (bicyclic) bond motifs is 1. The lowest BCUT2D eigenvalue weighted by atomic mass is 9.93. The van der Waals surface area contributed by atoms with Crippen LogP contribution in [0.15, 0.2) is 35.3 Å². The molecule has 28 heavy (non-hydrogen) atoms. The Labute approximate surface area is 165 Å². The van der Waals surface area contributed by atoms with Gasteiger partial charge in [0.15, 0.2) is 0 Å². The lowest BCUT2D eigenvalue weighted by Crippen LogP contribution is -2.21. The number of carbonyl (C=O) groups is 1. The highest BCUT2D eigenvalue weighted by atomic mass is 16.2. The van der Waals surface area contributed by atoms with Crippen molar-refractivity contribution in [3.63, 3.8) is 0 Å². The number of hydrogen-bond donors (Lipinski definition) is 3. The van der Waals surface area contributed by atoms with Crippen molar-refractivity contribution in [3.8, 4) is 0 Å². The normalized spacial score (nSPS) is 18.9.